The van der Waals surface area contributed by atoms with E-state index in [1.807, 2.05) is 0 Å². The smallest absolute Gasteiger partial charge is 0.152 e. The van der Waals surface area contributed by atoms with Crippen molar-refractivity contribution in [3.05, 3.63) is 12.4 Å². The van der Waals surface area contributed by atoms with Gasteiger partial charge in [-0.1, -0.05) is 6.58 Å². The van der Waals surface area contributed by atoms with Crippen LogP contribution in [0.4, 0.5) is 0 Å². The van der Waals surface area contributed by atoms with Crippen LogP contribution in [-0.2, 0) is 4.74 Å². The maximum absolute atomic E-state index is 5.50. The topological polar surface area (TPSA) is 37.2 Å². The molecule has 13 heavy (non-hydrogen) atoms. The first-order valence-corrected chi connectivity index (χ1v) is 4.32. The molecule has 1 heterocycles. The van der Waals surface area contributed by atoms with Gasteiger partial charge < -0.3 is 4.74 Å². The van der Waals surface area contributed by atoms with Gasteiger partial charge in [0.2, 0.25) is 0 Å². The van der Waals surface area contributed by atoms with Crippen LogP contribution in [0.15, 0.2) is 22.5 Å². The molecule has 0 bridgehead atoms. The zero-order chi connectivity index (χ0) is 9.68. The number of hydrazone groups is 1. The van der Waals surface area contributed by atoms with Crippen LogP contribution in [0, 0.1) is 0 Å². The van der Waals surface area contributed by atoms with Gasteiger partial charge in [-0.2, -0.15) is 5.10 Å². The summed E-state index contributed by atoms with van der Waals surface area (Å²) in [6.07, 6.45) is 3.12. The summed E-state index contributed by atoms with van der Waals surface area (Å²) < 4.78 is 5.50. The monoisotopic (exact) mass is 181 g/mol. The fraction of sp³-hybridized carbons (Fsp3) is 0.556. The van der Waals surface area contributed by atoms with Gasteiger partial charge >= 0.3 is 0 Å². The van der Waals surface area contributed by atoms with Crippen molar-refractivity contribution < 1.29 is 4.74 Å². The van der Waals surface area contributed by atoms with E-state index in [4.69, 9.17) is 4.74 Å². The first-order valence-electron chi connectivity index (χ1n) is 4.32. The van der Waals surface area contributed by atoms with Crippen LogP contribution in [-0.4, -0.2) is 31.3 Å². The van der Waals surface area contributed by atoms with Crippen molar-refractivity contribution in [3.63, 3.8) is 0 Å². The van der Waals surface area contributed by atoms with Gasteiger partial charge in [-0.3, -0.25) is 0 Å². The minimum Gasteiger partial charge on any atom is -0.356 e. The zero-order valence-corrected chi connectivity index (χ0v) is 7.78. The Morgan fingerprint density at radius 1 is 1.38 bits per heavy atom. The van der Waals surface area contributed by atoms with E-state index in [9.17, 15) is 0 Å². The standard InChI is InChI=1S/C9H15N3O/c1-8(10-2)12(11-3)9-6-4-5-7-13-9/h9H,1-7H2. The molecule has 1 fully saturated rings. The second-order valence-electron chi connectivity index (χ2n) is 2.88. The van der Waals surface area contributed by atoms with Crippen LogP contribution < -0.4 is 0 Å². The van der Waals surface area contributed by atoms with Crippen LogP contribution in [0.2, 0.25) is 0 Å². The predicted molar refractivity (Wildman–Crippen MR) is 53.7 cm³/mol. The molecule has 0 saturated carbocycles. The highest BCUT2D eigenvalue weighted by atomic mass is 16.5. The normalized spacial score (nSPS) is 22.0. The summed E-state index contributed by atoms with van der Waals surface area (Å²) in [5.41, 5.74) is 0. The number of hydrogen-bond acceptors (Lipinski definition) is 4. The molecule has 0 aliphatic carbocycles. The third-order valence-electron chi connectivity index (χ3n) is 2.03. The van der Waals surface area contributed by atoms with Crippen molar-refractivity contribution in [3.8, 4) is 0 Å². The molecule has 0 amide bonds. The molecular weight excluding hydrogens is 166 g/mol. The van der Waals surface area contributed by atoms with Gasteiger partial charge in [0.05, 0.1) is 0 Å². The molecular formula is C9H15N3O. The summed E-state index contributed by atoms with van der Waals surface area (Å²) in [5.74, 6) is 0.488. The van der Waals surface area contributed by atoms with E-state index in [0.717, 1.165) is 25.9 Å². The molecule has 0 spiro atoms. The molecule has 0 aromatic rings. The van der Waals surface area contributed by atoms with Crippen molar-refractivity contribution in [1.29, 1.82) is 0 Å². The van der Waals surface area contributed by atoms with Crippen molar-refractivity contribution in [2.75, 3.05) is 6.61 Å². The summed E-state index contributed by atoms with van der Waals surface area (Å²) in [4.78, 5) is 3.70. The lowest BCUT2D eigenvalue weighted by Crippen LogP contribution is -2.34. The number of hydrogen-bond donors (Lipinski definition) is 0. The van der Waals surface area contributed by atoms with Crippen molar-refractivity contribution in [2.45, 2.75) is 25.5 Å². The number of rotatable bonds is 4. The second-order valence-corrected chi connectivity index (χ2v) is 2.88. The quantitative estimate of drug-likeness (QED) is 0.488. The molecule has 4 heteroatoms. The Morgan fingerprint density at radius 2 is 2.15 bits per heavy atom. The minimum atomic E-state index is -0.0655. The van der Waals surface area contributed by atoms with Gasteiger partial charge in [0.15, 0.2) is 6.23 Å². The van der Waals surface area contributed by atoms with Crippen LogP contribution in [0.25, 0.3) is 0 Å². The largest absolute Gasteiger partial charge is 0.356 e. The van der Waals surface area contributed by atoms with Crippen LogP contribution in [0.5, 0.6) is 0 Å². The SMILES string of the molecule is C=NC(=C)N(N=C)C1CCCCO1. The van der Waals surface area contributed by atoms with Crippen LogP contribution in [0.3, 0.4) is 0 Å². The summed E-state index contributed by atoms with van der Waals surface area (Å²) in [6, 6.07) is 0. The second kappa shape index (κ2) is 4.77. The molecule has 1 atom stereocenters. The van der Waals surface area contributed by atoms with Gasteiger partial charge in [0.1, 0.15) is 5.82 Å². The Bertz CT molecular complexity index is 209. The number of aliphatic imine (C=N–C) groups is 1. The summed E-state index contributed by atoms with van der Waals surface area (Å²) in [7, 11) is 0. The van der Waals surface area contributed by atoms with Crippen molar-refractivity contribution >= 4 is 13.4 Å². The fourth-order valence-electron chi connectivity index (χ4n) is 1.33. The van der Waals surface area contributed by atoms with Crippen LogP contribution >= 0.6 is 0 Å². The minimum absolute atomic E-state index is 0.0655. The highest BCUT2D eigenvalue weighted by Gasteiger charge is 2.21. The Hall–Kier alpha value is -1.16. The molecule has 1 rings (SSSR count). The van der Waals surface area contributed by atoms with Crippen molar-refractivity contribution in [2.24, 2.45) is 10.1 Å². The molecule has 0 aromatic carbocycles. The maximum atomic E-state index is 5.50. The van der Waals surface area contributed by atoms with Gasteiger partial charge in [-0.05, 0) is 26.0 Å². The summed E-state index contributed by atoms with van der Waals surface area (Å²) in [6.45, 7) is 11.3. The highest BCUT2D eigenvalue weighted by Crippen LogP contribution is 2.20. The van der Waals surface area contributed by atoms with Crippen LogP contribution in [0.1, 0.15) is 19.3 Å². The lowest BCUT2D eigenvalue weighted by molar-refractivity contribution is -0.0701. The van der Waals surface area contributed by atoms with E-state index >= 15 is 0 Å². The first-order chi connectivity index (χ1) is 6.29. The molecule has 0 radical (unpaired) electrons. The van der Waals surface area contributed by atoms with Crippen molar-refractivity contribution in [1.82, 2.24) is 5.01 Å². The lowest BCUT2D eigenvalue weighted by atomic mass is 10.2. The Morgan fingerprint density at radius 3 is 2.62 bits per heavy atom. The highest BCUT2D eigenvalue weighted by molar-refractivity contribution is 5.29. The Labute approximate surface area is 78.6 Å². The first kappa shape index (κ1) is 9.92. The van der Waals surface area contributed by atoms with E-state index in [1.165, 1.54) is 0 Å². The van der Waals surface area contributed by atoms with E-state index < -0.39 is 0 Å². The summed E-state index contributed by atoms with van der Waals surface area (Å²) >= 11 is 0. The third-order valence-corrected chi connectivity index (χ3v) is 2.03. The molecule has 72 valence electrons. The third kappa shape index (κ3) is 2.39. The van der Waals surface area contributed by atoms with E-state index in [1.54, 1.807) is 5.01 Å². The Balaban J connectivity index is 2.58. The molecule has 0 aromatic heterocycles. The molecule has 4 nitrogen and oxygen atoms in total. The average molecular weight is 181 g/mol. The van der Waals surface area contributed by atoms with E-state index in [0.29, 0.717) is 5.82 Å². The molecule has 1 unspecified atom stereocenters. The van der Waals surface area contributed by atoms with E-state index in [2.05, 4.69) is 30.1 Å². The van der Waals surface area contributed by atoms with Gasteiger partial charge in [-0.25, -0.2) is 10.0 Å². The van der Waals surface area contributed by atoms with Gasteiger partial charge in [-0.15, -0.1) is 0 Å². The maximum Gasteiger partial charge on any atom is 0.152 e. The zero-order valence-electron chi connectivity index (χ0n) is 7.78. The fourth-order valence-corrected chi connectivity index (χ4v) is 1.33. The van der Waals surface area contributed by atoms with Gasteiger partial charge in [0.25, 0.3) is 0 Å². The number of nitrogens with zero attached hydrogens (tertiary/aromatic N) is 3. The van der Waals surface area contributed by atoms with Gasteiger partial charge in [0, 0.05) is 13.3 Å². The molecule has 1 aliphatic rings. The lowest BCUT2D eigenvalue weighted by Gasteiger charge is -2.30. The summed E-state index contributed by atoms with van der Waals surface area (Å²) in [5, 5.41) is 5.38. The molecule has 1 saturated heterocycles. The molecule has 0 N–H and O–H groups in total. The Kier molecular flexibility index (Phi) is 3.64. The molecule has 1 aliphatic heterocycles. The number of ether oxygens (including phenoxy) is 1. The van der Waals surface area contributed by atoms with E-state index in [-0.39, 0.29) is 6.23 Å². The predicted octanol–water partition coefficient (Wildman–Crippen LogP) is 1.60. The average Bonchev–Trinajstić information content (AvgIpc) is 2.20.